The molecule has 16 heavy (non-hydrogen) atoms. The molecule has 0 aliphatic carbocycles. The maximum absolute atomic E-state index is 6.23. The van der Waals surface area contributed by atoms with Gasteiger partial charge in [-0.2, -0.15) is 0 Å². The predicted molar refractivity (Wildman–Crippen MR) is 71.5 cm³/mol. The normalized spacial score (nSPS) is 12.8. The molecular weight excluding hydrogens is 242 g/mol. The molecule has 0 amide bonds. The summed E-state index contributed by atoms with van der Waals surface area (Å²) in [6.45, 7) is 2.86. The fourth-order valence-corrected chi connectivity index (χ4v) is 2.61. The average molecular weight is 260 g/mol. The summed E-state index contributed by atoms with van der Waals surface area (Å²) in [5, 5.41) is 4.01. The number of benzene rings is 1. The summed E-state index contributed by atoms with van der Waals surface area (Å²) in [6, 6.07) is 6.49. The topological polar surface area (TPSA) is 21.3 Å². The lowest BCUT2D eigenvalue weighted by Gasteiger charge is -2.13. The van der Waals surface area contributed by atoms with Gasteiger partial charge in [-0.15, -0.1) is 11.8 Å². The van der Waals surface area contributed by atoms with Gasteiger partial charge in [-0.05, 0) is 31.7 Å². The highest BCUT2D eigenvalue weighted by molar-refractivity contribution is 7.99. The summed E-state index contributed by atoms with van der Waals surface area (Å²) in [5.41, 5.74) is 1.14. The van der Waals surface area contributed by atoms with E-state index in [2.05, 4.69) is 24.4 Å². The Bertz CT molecular complexity index is 333. The molecule has 0 aliphatic heterocycles. The van der Waals surface area contributed by atoms with Gasteiger partial charge in [0.2, 0.25) is 0 Å². The standard InChI is InChI=1S/C12H18ClNOS/c1-9(14-2)11-5-4-10(8-12(11)13)16-7-6-15-3/h4-5,8-9,14H,6-7H2,1-3H3. The molecule has 1 aromatic carbocycles. The first kappa shape index (κ1) is 13.8. The number of hydrogen-bond donors (Lipinski definition) is 1. The van der Waals surface area contributed by atoms with Crippen molar-refractivity contribution in [2.24, 2.45) is 0 Å². The highest BCUT2D eigenvalue weighted by atomic mass is 35.5. The summed E-state index contributed by atoms with van der Waals surface area (Å²) < 4.78 is 5.01. The van der Waals surface area contributed by atoms with Crippen molar-refractivity contribution in [2.45, 2.75) is 17.9 Å². The van der Waals surface area contributed by atoms with E-state index in [-0.39, 0.29) is 6.04 Å². The van der Waals surface area contributed by atoms with Crippen LogP contribution in [0.5, 0.6) is 0 Å². The Hall–Kier alpha value is -0.220. The van der Waals surface area contributed by atoms with Gasteiger partial charge in [-0.3, -0.25) is 0 Å². The monoisotopic (exact) mass is 259 g/mol. The Balaban J connectivity index is 2.67. The Morgan fingerprint density at radius 1 is 1.50 bits per heavy atom. The fraction of sp³-hybridized carbons (Fsp3) is 0.500. The fourth-order valence-electron chi connectivity index (χ4n) is 1.35. The van der Waals surface area contributed by atoms with E-state index < -0.39 is 0 Å². The quantitative estimate of drug-likeness (QED) is 0.625. The lowest BCUT2D eigenvalue weighted by molar-refractivity contribution is 0.218. The number of ether oxygens (including phenoxy) is 1. The third-order valence-electron chi connectivity index (χ3n) is 2.43. The first-order valence-corrected chi connectivity index (χ1v) is 6.64. The molecule has 0 heterocycles. The van der Waals surface area contributed by atoms with Crippen molar-refractivity contribution < 1.29 is 4.74 Å². The number of rotatable bonds is 6. The van der Waals surface area contributed by atoms with Crippen molar-refractivity contribution in [3.63, 3.8) is 0 Å². The van der Waals surface area contributed by atoms with E-state index in [0.717, 1.165) is 22.9 Å². The van der Waals surface area contributed by atoms with Gasteiger partial charge in [-0.25, -0.2) is 0 Å². The molecule has 1 atom stereocenters. The molecule has 0 saturated heterocycles. The summed E-state index contributed by atoms with van der Waals surface area (Å²) in [7, 11) is 3.65. The summed E-state index contributed by atoms with van der Waals surface area (Å²) >= 11 is 7.99. The van der Waals surface area contributed by atoms with E-state index in [4.69, 9.17) is 16.3 Å². The van der Waals surface area contributed by atoms with Crippen molar-refractivity contribution in [3.05, 3.63) is 28.8 Å². The van der Waals surface area contributed by atoms with Crippen LogP contribution in [0.1, 0.15) is 18.5 Å². The van der Waals surface area contributed by atoms with Crippen LogP contribution in [0.15, 0.2) is 23.1 Å². The molecule has 0 radical (unpaired) electrons. The van der Waals surface area contributed by atoms with E-state index in [1.165, 1.54) is 4.90 Å². The first-order chi connectivity index (χ1) is 7.69. The van der Waals surface area contributed by atoms with Crippen LogP contribution in [0.2, 0.25) is 5.02 Å². The molecule has 0 saturated carbocycles. The molecule has 0 aromatic heterocycles. The van der Waals surface area contributed by atoms with Gasteiger partial charge >= 0.3 is 0 Å². The van der Waals surface area contributed by atoms with Crippen LogP contribution in [-0.2, 0) is 4.74 Å². The number of thioether (sulfide) groups is 1. The van der Waals surface area contributed by atoms with Crippen LogP contribution in [-0.4, -0.2) is 26.5 Å². The zero-order chi connectivity index (χ0) is 12.0. The van der Waals surface area contributed by atoms with Crippen LogP contribution in [0.4, 0.5) is 0 Å². The Labute approximate surface area is 107 Å². The second-order valence-electron chi connectivity index (χ2n) is 3.53. The van der Waals surface area contributed by atoms with Crippen LogP contribution in [0.25, 0.3) is 0 Å². The second-order valence-corrected chi connectivity index (χ2v) is 5.11. The molecule has 1 unspecified atom stereocenters. The molecule has 90 valence electrons. The SMILES string of the molecule is CNC(C)c1ccc(SCCOC)cc1Cl. The third-order valence-corrected chi connectivity index (χ3v) is 3.71. The number of halogens is 1. The summed E-state index contributed by atoms with van der Waals surface area (Å²) in [4.78, 5) is 1.19. The van der Waals surface area contributed by atoms with Gasteiger partial charge in [0.05, 0.1) is 6.61 Å². The zero-order valence-corrected chi connectivity index (χ0v) is 11.5. The van der Waals surface area contributed by atoms with Crippen molar-refractivity contribution >= 4 is 23.4 Å². The van der Waals surface area contributed by atoms with E-state index in [1.54, 1.807) is 18.9 Å². The molecule has 0 fully saturated rings. The number of nitrogens with one attached hydrogen (secondary N) is 1. The first-order valence-electron chi connectivity index (χ1n) is 5.27. The minimum atomic E-state index is 0.283. The van der Waals surface area contributed by atoms with Gasteiger partial charge in [0.1, 0.15) is 0 Å². The summed E-state index contributed by atoms with van der Waals surface area (Å²) in [5.74, 6) is 0.952. The molecule has 1 N–H and O–H groups in total. The minimum absolute atomic E-state index is 0.283. The largest absolute Gasteiger partial charge is 0.384 e. The molecule has 0 bridgehead atoms. The maximum Gasteiger partial charge on any atom is 0.0556 e. The second kappa shape index (κ2) is 7.17. The zero-order valence-electron chi connectivity index (χ0n) is 9.92. The smallest absolute Gasteiger partial charge is 0.0556 e. The number of methoxy groups -OCH3 is 1. The Morgan fingerprint density at radius 3 is 2.81 bits per heavy atom. The molecule has 1 rings (SSSR count). The maximum atomic E-state index is 6.23. The number of hydrogen-bond acceptors (Lipinski definition) is 3. The van der Waals surface area contributed by atoms with E-state index >= 15 is 0 Å². The van der Waals surface area contributed by atoms with Crippen molar-refractivity contribution in [3.8, 4) is 0 Å². The van der Waals surface area contributed by atoms with Crippen LogP contribution in [0, 0.1) is 0 Å². The van der Waals surface area contributed by atoms with Gasteiger partial charge < -0.3 is 10.1 Å². The van der Waals surface area contributed by atoms with Gasteiger partial charge in [0, 0.05) is 28.8 Å². The predicted octanol–water partition coefficient (Wildman–Crippen LogP) is 3.36. The highest BCUT2D eigenvalue weighted by Gasteiger charge is 2.08. The van der Waals surface area contributed by atoms with Crippen molar-refractivity contribution in [2.75, 3.05) is 26.5 Å². The van der Waals surface area contributed by atoms with Crippen molar-refractivity contribution in [1.29, 1.82) is 0 Å². The van der Waals surface area contributed by atoms with Gasteiger partial charge in [0.15, 0.2) is 0 Å². The lowest BCUT2D eigenvalue weighted by atomic mass is 10.1. The highest BCUT2D eigenvalue weighted by Crippen LogP contribution is 2.28. The van der Waals surface area contributed by atoms with Gasteiger partial charge in [0.25, 0.3) is 0 Å². The molecular formula is C12H18ClNOS. The minimum Gasteiger partial charge on any atom is -0.384 e. The van der Waals surface area contributed by atoms with Crippen LogP contribution < -0.4 is 5.32 Å². The Kier molecular flexibility index (Phi) is 6.21. The lowest BCUT2D eigenvalue weighted by Crippen LogP contribution is -2.12. The third kappa shape index (κ3) is 3.98. The average Bonchev–Trinajstić information content (AvgIpc) is 2.29. The van der Waals surface area contributed by atoms with Crippen LogP contribution >= 0.6 is 23.4 Å². The molecule has 4 heteroatoms. The van der Waals surface area contributed by atoms with E-state index in [0.29, 0.717) is 0 Å². The van der Waals surface area contributed by atoms with Gasteiger partial charge in [-0.1, -0.05) is 17.7 Å². The molecule has 2 nitrogen and oxygen atoms in total. The van der Waals surface area contributed by atoms with E-state index in [9.17, 15) is 0 Å². The molecule has 1 aromatic rings. The van der Waals surface area contributed by atoms with Crippen LogP contribution in [0.3, 0.4) is 0 Å². The molecule has 0 spiro atoms. The summed E-state index contributed by atoms with van der Waals surface area (Å²) in [6.07, 6.45) is 0. The van der Waals surface area contributed by atoms with E-state index in [1.807, 2.05) is 13.1 Å². The molecule has 0 aliphatic rings. The Morgan fingerprint density at radius 2 is 2.25 bits per heavy atom. The van der Waals surface area contributed by atoms with Crippen molar-refractivity contribution in [1.82, 2.24) is 5.32 Å².